The fraction of sp³-hybridized carbons (Fsp3) is 0.240. The number of anilines is 1. The third kappa shape index (κ3) is 3.76. The maximum Gasteiger partial charge on any atom is 0.321 e. The van der Waals surface area contributed by atoms with Crippen LogP contribution in [0.5, 0.6) is 0 Å². The Labute approximate surface area is 190 Å². The minimum absolute atomic E-state index is 0.00532. The predicted octanol–water partition coefficient (Wildman–Crippen LogP) is 4.69. The molecule has 2 aromatic carbocycles. The van der Waals surface area contributed by atoms with Crippen molar-refractivity contribution in [2.75, 3.05) is 18.4 Å². The fourth-order valence-electron chi connectivity index (χ4n) is 4.83. The second-order valence-electron chi connectivity index (χ2n) is 8.42. The molecule has 0 radical (unpaired) electrons. The van der Waals surface area contributed by atoms with Crippen LogP contribution < -0.4 is 10.9 Å². The molecule has 2 bridgehead atoms. The van der Waals surface area contributed by atoms with Crippen molar-refractivity contribution in [3.8, 4) is 17.2 Å². The molecule has 2 unspecified atom stereocenters. The van der Waals surface area contributed by atoms with Gasteiger partial charge in [-0.25, -0.2) is 4.79 Å². The van der Waals surface area contributed by atoms with E-state index >= 15 is 0 Å². The average molecular weight is 445 g/mol. The highest BCUT2D eigenvalue weighted by atomic mass is 35.5. The Morgan fingerprint density at radius 1 is 1.06 bits per heavy atom. The number of aromatic nitrogens is 1. The predicted molar refractivity (Wildman–Crippen MR) is 124 cm³/mol. The molecule has 0 spiro atoms. The van der Waals surface area contributed by atoms with E-state index in [1.165, 1.54) is 0 Å². The van der Waals surface area contributed by atoms with E-state index in [4.69, 9.17) is 16.9 Å². The van der Waals surface area contributed by atoms with Crippen LogP contribution in [-0.4, -0.2) is 28.6 Å². The second kappa shape index (κ2) is 8.18. The Morgan fingerprint density at radius 2 is 1.88 bits per heavy atom. The van der Waals surface area contributed by atoms with Crippen molar-refractivity contribution in [3.63, 3.8) is 0 Å². The number of fused-ring (bicyclic) bond motifs is 4. The number of nitriles is 1. The van der Waals surface area contributed by atoms with Crippen LogP contribution in [0.2, 0.25) is 5.02 Å². The summed E-state index contributed by atoms with van der Waals surface area (Å²) in [6.45, 7) is 1.75. The molecule has 7 heteroatoms. The van der Waals surface area contributed by atoms with Gasteiger partial charge in [-0.05, 0) is 60.4 Å². The van der Waals surface area contributed by atoms with E-state index in [9.17, 15) is 9.59 Å². The van der Waals surface area contributed by atoms with Crippen molar-refractivity contribution in [2.45, 2.75) is 18.9 Å². The molecule has 2 aliphatic heterocycles. The monoisotopic (exact) mass is 444 g/mol. The van der Waals surface area contributed by atoms with Crippen LogP contribution in [0.15, 0.2) is 65.5 Å². The third-order valence-corrected chi connectivity index (χ3v) is 6.54. The van der Waals surface area contributed by atoms with Gasteiger partial charge in [-0.15, -0.1) is 0 Å². The van der Waals surface area contributed by atoms with E-state index in [2.05, 4.69) is 11.4 Å². The normalized spacial score (nSPS) is 19.1. The summed E-state index contributed by atoms with van der Waals surface area (Å²) >= 11 is 5.99. The van der Waals surface area contributed by atoms with Gasteiger partial charge < -0.3 is 14.8 Å². The molecule has 0 aliphatic carbocycles. The molecule has 1 fully saturated rings. The molecular formula is C25H21ClN4O2. The topological polar surface area (TPSA) is 78.1 Å². The van der Waals surface area contributed by atoms with Gasteiger partial charge in [0.2, 0.25) is 0 Å². The molecule has 5 rings (SSSR count). The van der Waals surface area contributed by atoms with Gasteiger partial charge in [-0.2, -0.15) is 5.26 Å². The second-order valence-corrected chi connectivity index (χ2v) is 8.86. The van der Waals surface area contributed by atoms with Crippen LogP contribution in [-0.2, 0) is 6.54 Å². The maximum atomic E-state index is 13.3. The van der Waals surface area contributed by atoms with Gasteiger partial charge in [-0.3, -0.25) is 4.79 Å². The number of urea groups is 1. The van der Waals surface area contributed by atoms with Crippen LogP contribution in [0.4, 0.5) is 10.5 Å². The molecule has 1 N–H and O–H groups in total. The molecule has 2 aliphatic rings. The third-order valence-electron chi connectivity index (χ3n) is 6.29. The molecular weight excluding hydrogens is 424 g/mol. The smallest absolute Gasteiger partial charge is 0.321 e. The Bertz CT molecular complexity index is 1290. The van der Waals surface area contributed by atoms with Crippen molar-refractivity contribution in [1.82, 2.24) is 9.47 Å². The summed E-state index contributed by atoms with van der Waals surface area (Å²) in [6, 6.07) is 20.0. The van der Waals surface area contributed by atoms with Crippen molar-refractivity contribution in [1.29, 1.82) is 5.26 Å². The molecule has 32 heavy (non-hydrogen) atoms. The summed E-state index contributed by atoms with van der Waals surface area (Å²) in [5.41, 5.74) is 3.61. The first kappa shape index (κ1) is 20.3. The van der Waals surface area contributed by atoms with Crippen molar-refractivity contribution >= 4 is 23.3 Å². The number of hydrogen-bond acceptors (Lipinski definition) is 3. The van der Waals surface area contributed by atoms with Gasteiger partial charge >= 0.3 is 6.03 Å². The zero-order valence-corrected chi connectivity index (χ0v) is 18.0. The number of carbonyl (C=O) groups excluding carboxylic acids is 1. The number of nitrogens with one attached hydrogen (secondary N) is 1. The Balaban J connectivity index is 1.38. The van der Waals surface area contributed by atoms with Gasteiger partial charge in [-0.1, -0.05) is 29.8 Å². The van der Waals surface area contributed by atoms with E-state index in [0.29, 0.717) is 41.5 Å². The lowest BCUT2D eigenvalue weighted by atomic mass is 9.83. The van der Waals surface area contributed by atoms with Crippen molar-refractivity contribution < 1.29 is 4.79 Å². The Kier molecular flexibility index (Phi) is 5.20. The summed E-state index contributed by atoms with van der Waals surface area (Å²) in [5.74, 6) is 0.335. The number of rotatable bonds is 2. The number of nitrogens with zero attached hydrogens (tertiary/aromatic N) is 3. The van der Waals surface area contributed by atoms with Gasteiger partial charge in [0.15, 0.2) is 0 Å². The lowest BCUT2D eigenvalue weighted by Gasteiger charge is -2.42. The van der Waals surface area contributed by atoms with Crippen LogP contribution in [0.3, 0.4) is 0 Å². The minimum atomic E-state index is -0.177. The fourth-order valence-corrected chi connectivity index (χ4v) is 4.96. The SMILES string of the molecule is N#Cc1cccc(NC(=O)N2CC3CC(C2)c2ccc(-c4ccc(Cl)cc4)c(=O)n2C3)c1. The summed E-state index contributed by atoms with van der Waals surface area (Å²) in [5, 5.41) is 12.6. The molecule has 2 amide bonds. The summed E-state index contributed by atoms with van der Waals surface area (Å²) in [7, 11) is 0. The first-order chi connectivity index (χ1) is 15.5. The van der Waals surface area contributed by atoms with Crippen LogP contribution in [0.25, 0.3) is 11.1 Å². The van der Waals surface area contributed by atoms with E-state index in [1.807, 2.05) is 33.7 Å². The van der Waals surface area contributed by atoms with Gasteiger partial charge in [0.25, 0.3) is 5.56 Å². The molecule has 2 atom stereocenters. The van der Waals surface area contributed by atoms with Crippen LogP contribution in [0.1, 0.15) is 23.6 Å². The molecule has 3 aromatic rings. The molecule has 1 aromatic heterocycles. The Morgan fingerprint density at radius 3 is 2.66 bits per heavy atom. The number of pyridine rings is 1. The maximum absolute atomic E-state index is 13.3. The van der Waals surface area contributed by atoms with Crippen LogP contribution >= 0.6 is 11.6 Å². The highest BCUT2D eigenvalue weighted by molar-refractivity contribution is 6.30. The standard InChI is InChI=1S/C25H21ClN4O2/c26-20-6-4-18(5-7-20)22-8-9-23-19-10-17(14-30(23)24(22)31)13-29(15-19)25(32)28-21-3-1-2-16(11-21)12-27/h1-9,11,17,19H,10,13-15H2,(H,28,32). The largest absolute Gasteiger partial charge is 0.324 e. The molecule has 1 saturated heterocycles. The van der Waals surface area contributed by atoms with E-state index in [0.717, 1.165) is 17.7 Å². The minimum Gasteiger partial charge on any atom is -0.324 e. The van der Waals surface area contributed by atoms with E-state index < -0.39 is 0 Å². The first-order valence-corrected chi connectivity index (χ1v) is 11.0. The van der Waals surface area contributed by atoms with Crippen LogP contribution in [0, 0.1) is 17.2 Å². The number of carbonyl (C=O) groups is 1. The van der Waals surface area contributed by atoms with E-state index in [-0.39, 0.29) is 23.4 Å². The van der Waals surface area contributed by atoms with Crippen molar-refractivity contribution in [2.24, 2.45) is 5.92 Å². The number of hydrogen-bond donors (Lipinski definition) is 1. The highest BCUT2D eigenvalue weighted by Gasteiger charge is 2.36. The number of piperidine rings is 1. The lowest BCUT2D eigenvalue weighted by Crippen LogP contribution is -2.50. The number of likely N-dealkylation sites (tertiary alicyclic amines) is 1. The summed E-state index contributed by atoms with van der Waals surface area (Å²) in [4.78, 5) is 28.0. The average Bonchev–Trinajstić information content (AvgIpc) is 2.80. The van der Waals surface area contributed by atoms with Crippen molar-refractivity contribution in [3.05, 3.63) is 87.3 Å². The zero-order chi connectivity index (χ0) is 22.2. The number of halogens is 1. The number of benzene rings is 2. The van der Waals surface area contributed by atoms with Gasteiger partial charge in [0.05, 0.1) is 11.6 Å². The summed E-state index contributed by atoms with van der Waals surface area (Å²) in [6.07, 6.45) is 0.966. The van der Waals surface area contributed by atoms with E-state index in [1.54, 1.807) is 36.4 Å². The quantitative estimate of drug-likeness (QED) is 0.622. The first-order valence-electron chi connectivity index (χ1n) is 10.6. The molecule has 3 heterocycles. The summed E-state index contributed by atoms with van der Waals surface area (Å²) < 4.78 is 1.88. The van der Waals surface area contributed by atoms with Gasteiger partial charge in [0, 0.05) is 47.5 Å². The molecule has 0 saturated carbocycles. The molecule has 6 nitrogen and oxygen atoms in total. The zero-order valence-electron chi connectivity index (χ0n) is 17.3. The van der Waals surface area contributed by atoms with Gasteiger partial charge in [0.1, 0.15) is 0 Å². The lowest BCUT2D eigenvalue weighted by molar-refractivity contribution is 0.139. The molecule has 160 valence electrons. The Hall–Kier alpha value is -3.56. The highest BCUT2D eigenvalue weighted by Crippen LogP contribution is 2.36. The number of amides is 2.